The summed E-state index contributed by atoms with van der Waals surface area (Å²) in [6, 6.07) is 8.90. The maximum absolute atomic E-state index is 13.6. The number of rotatable bonds is 8. The van der Waals surface area contributed by atoms with E-state index in [-0.39, 0.29) is 42.4 Å². The van der Waals surface area contributed by atoms with E-state index in [2.05, 4.69) is 4.98 Å². The third kappa shape index (κ3) is 6.29. The van der Waals surface area contributed by atoms with Crippen LogP contribution in [0.5, 0.6) is 11.6 Å². The van der Waals surface area contributed by atoms with Crippen LogP contribution in [-0.2, 0) is 4.79 Å². The summed E-state index contributed by atoms with van der Waals surface area (Å²) in [6.45, 7) is 4.67. The fraction of sp³-hybridized carbons (Fsp3) is 0.500. The molecule has 0 spiro atoms. The van der Waals surface area contributed by atoms with Crippen molar-refractivity contribution in [1.82, 2.24) is 19.7 Å². The Morgan fingerprint density at radius 1 is 1.26 bits per heavy atom. The molecule has 3 atom stereocenters. The summed E-state index contributed by atoms with van der Waals surface area (Å²) in [7, 11) is 7.06. The number of benzene rings is 1. The van der Waals surface area contributed by atoms with E-state index >= 15 is 0 Å². The number of carbonyl (C=O) groups is 2. The first kappa shape index (κ1) is 26.4. The molecule has 2 heterocycles. The average Bonchev–Trinajstić information content (AvgIpc) is 2.85. The molecule has 0 saturated carbocycles. The van der Waals surface area contributed by atoms with Gasteiger partial charge in [-0.15, -0.1) is 0 Å². The Morgan fingerprint density at radius 3 is 2.54 bits per heavy atom. The molecule has 1 aromatic carbocycles. The molecular formula is C26H36N4O5. The van der Waals surface area contributed by atoms with Crippen LogP contribution in [0.15, 0.2) is 36.5 Å². The van der Waals surface area contributed by atoms with E-state index < -0.39 is 0 Å². The number of amides is 2. The van der Waals surface area contributed by atoms with Crippen LogP contribution >= 0.6 is 0 Å². The molecule has 0 radical (unpaired) electrons. The molecule has 2 aromatic rings. The number of hydrogen-bond donors (Lipinski definition) is 1. The number of aliphatic hydroxyl groups excluding tert-OH is 1. The molecule has 1 aromatic heterocycles. The van der Waals surface area contributed by atoms with Crippen molar-refractivity contribution in [3.8, 4) is 22.8 Å². The summed E-state index contributed by atoms with van der Waals surface area (Å²) >= 11 is 0. The van der Waals surface area contributed by atoms with Crippen molar-refractivity contribution in [2.75, 3.05) is 54.5 Å². The largest absolute Gasteiger partial charge is 0.497 e. The zero-order chi connectivity index (χ0) is 25.7. The fourth-order valence-corrected chi connectivity index (χ4v) is 4.02. The van der Waals surface area contributed by atoms with Gasteiger partial charge in [0.2, 0.25) is 11.8 Å². The van der Waals surface area contributed by atoms with Crippen LogP contribution in [0.1, 0.15) is 24.2 Å². The smallest absolute Gasteiger partial charge is 0.259 e. The van der Waals surface area contributed by atoms with Gasteiger partial charge >= 0.3 is 0 Å². The summed E-state index contributed by atoms with van der Waals surface area (Å²) in [4.78, 5) is 35.8. The second-order valence-corrected chi connectivity index (χ2v) is 9.44. The highest BCUT2D eigenvalue weighted by Gasteiger charge is 2.34. The molecule has 0 bridgehead atoms. The molecule has 0 fully saturated rings. The number of hydrogen-bond acceptors (Lipinski definition) is 7. The second-order valence-electron chi connectivity index (χ2n) is 9.44. The first-order valence-corrected chi connectivity index (χ1v) is 11.8. The van der Waals surface area contributed by atoms with Crippen molar-refractivity contribution in [2.24, 2.45) is 5.92 Å². The van der Waals surface area contributed by atoms with E-state index in [0.717, 1.165) is 16.9 Å². The first-order chi connectivity index (χ1) is 16.6. The molecular weight excluding hydrogens is 448 g/mol. The Balaban J connectivity index is 1.98. The van der Waals surface area contributed by atoms with Crippen LogP contribution in [0.4, 0.5) is 0 Å². The van der Waals surface area contributed by atoms with Crippen LogP contribution in [-0.4, -0.2) is 103 Å². The molecule has 2 amide bonds. The summed E-state index contributed by atoms with van der Waals surface area (Å²) in [6.07, 6.45) is 1.29. The van der Waals surface area contributed by atoms with Gasteiger partial charge in [-0.05, 0) is 44.8 Å². The Morgan fingerprint density at radius 2 is 1.94 bits per heavy atom. The Labute approximate surface area is 207 Å². The van der Waals surface area contributed by atoms with Gasteiger partial charge in [0, 0.05) is 31.3 Å². The fourth-order valence-electron chi connectivity index (χ4n) is 4.02. The number of methoxy groups -OCH3 is 1. The molecule has 35 heavy (non-hydrogen) atoms. The number of pyridine rings is 1. The molecule has 1 N–H and O–H groups in total. The third-order valence-corrected chi connectivity index (χ3v) is 6.28. The highest BCUT2D eigenvalue weighted by Crippen LogP contribution is 2.31. The summed E-state index contributed by atoms with van der Waals surface area (Å²) < 4.78 is 11.5. The normalized spacial score (nSPS) is 18.9. The van der Waals surface area contributed by atoms with Crippen molar-refractivity contribution in [1.29, 1.82) is 0 Å². The number of aromatic nitrogens is 1. The maximum Gasteiger partial charge on any atom is 0.259 e. The second kappa shape index (κ2) is 11.5. The number of likely N-dealkylation sites (N-methyl/N-ethyl adjacent to an activating group) is 2. The Hall–Kier alpha value is -3.17. The molecule has 9 heteroatoms. The average molecular weight is 485 g/mol. The van der Waals surface area contributed by atoms with Crippen LogP contribution in [0.3, 0.4) is 0 Å². The number of ether oxygens (including phenoxy) is 2. The zero-order valence-corrected chi connectivity index (χ0v) is 21.4. The van der Waals surface area contributed by atoms with E-state index in [4.69, 9.17) is 9.47 Å². The maximum atomic E-state index is 13.6. The summed E-state index contributed by atoms with van der Waals surface area (Å²) in [5.41, 5.74) is 1.98. The predicted molar refractivity (Wildman–Crippen MR) is 134 cm³/mol. The lowest BCUT2D eigenvalue weighted by Crippen LogP contribution is -2.51. The number of nitrogens with zero attached hydrogens (tertiary/aromatic N) is 4. The molecule has 0 aliphatic carbocycles. The Bertz CT molecular complexity index is 1030. The van der Waals surface area contributed by atoms with E-state index in [1.54, 1.807) is 36.2 Å². The molecule has 190 valence electrons. The lowest BCUT2D eigenvalue weighted by atomic mass is 9.99. The van der Waals surface area contributed by atoms with E-state index in [1.165, 1.54) is 0 Å². The van der Waals surface area contributed by atoms with Crippen LogP contribution in [0.25, 0.3) is 11.1 Å². The van der Waals surface area contributed by atoms with Crippen molar-refractivity contribution >= 4 is 11.8 Å². The van der Waals surface area contributed by atoms with Crippen LogP contribution < -0.4 is 9.47 Å². The minimum Gasteiger partial charge on any atom is -0.497 e. The SMILES string of the molecule is COc1ccc(-c2cnc3c(c2)C(=O)N([C@H](C)CO)C[C@H](C)[C@H](CN(C)C(=O)CN(C)C)O3)cc1. The molecule has 3 rings (SSSR count). The highest BCUT2D eigenvalue weighted by atomic mass is 16.5. The molecule has 0 saturated heterocycles. The van der Waals surface area contributed by atoms with Crippen molar-refractivity contribution < 1.29 is 24.2 Å². The topological polar surface area (TPSA) is 95.4 Å². The first-order valence-electron chi connectivity index (χ1n) is 11.8. The summed E-state index contributed by atoms with van der Waals surface area (Å²) in [5, 5.41) is 9.84. The lowest BCUT2D eigenvalue weighted by Gasteiger charge is -2.37. The van der Waals surface area contributed by atoms with Gasteiger partial charge in [0.1, 0.15) is 17.4 Å². The molecule has 1 aliphatic heterocycles. The van der Waals surface area contributed by atoms with Gasteiger partial charge in [-0.2, -0.15) is 0 Å². The van der Waals surface area contributed by atoms with Crippen LogP contribution in [0, 0.1) is 5.92 Å². The number of fused-ring (bicyclic) bond motifs is 1. The monoisotopic (exact) mass is 484 g/mol. The standard InChI is InChI=1S/C26H36N4O5/c1-17-13-30(18(2)16-31)26(33)22-11-20(19-7-9-21(34-6)10-8-19)12-27-25(22)35-23(17)14-29(5)24(32)15-28(3)4/h7-12,17-18,23,31H,13-16H2,1-6H3/t17-,18+,23-/m0/s1. The number of carbonyl (C=O) groups excluding carboxylic acids is 2. The minimum absolute atomic E-state index is 0.0208. The molecule has 9 nitrogen and oxygen atoms in total. The van der Waals surface area contributed by atoms with Gasteiger partial charge in [-0.1, -0.05) is 19.1 Å². The van der Waals surface area contributed by atoms with Crippen molar-refractivity contribution in [3.05, 3.63) is 42.1 Å². The third-order valence-electron chi connectivity index (χ3n) is 6.28. The Kier molecular flexibility index (Phi) is 8.69. The van der Waals surface area contributed by atoms with E-state index in [1.807, 2.05) is 57.1 Å². The van der Waals surface area contributed by atoms with Crippen molar-refractivity contribution in [2.45, 2.75) is 26.0 Å². The molecule has 1 aliphatic rings. The quantitative estimate of drug-likeness (QED) is 0.612. The zero-order valence-electron chi connectivity index (χ0n) is 21.4. The van der Waals surface area contributed by atoms with Gasteiger partial charge in [0.15, 0.2) is 0 Å². The van der Waals surface area contributed by atoms with E-state index in [0.29, 0.717) is 25.2 Å². The molecule has 0 unspecified atom stereocenters. The van der Waals surface area contributed by atoms with Gasteiger partial charge in [0.05, 0.1) is 32.8 Å². The van der Waals surface area contributed by atoms with Gasteiger partial charge in [-0.25, -0.2) is 4.98 Å². The minimum atomic E-state index is -0.384. The van der Waals surface area contributed by atoms with Crippen LogP contribution in [0.2, 0.25) is 0 Å². The van der Waals surface area contributed by atoms with Gasteiger partial charge in [-0.3, -0.25) is 9.59 Å². The number of aliphatic hydroxyl groups is 1. The van der Waals surface area contributed by atoms with Crippen molar-refractivity contribution in [3.63, 3.8) is 0 Å². The van der Waals surface area contributed by atoms with Gasteiger partial charge < -0.3 is 29.3 Å². The van der Waals surface area contributed by atoms with Gasteiger partial charge in [0.25, 0.3) is 5.91 Å². The summed E-state index contributed by atoms with van der Waals surface area (Å²) in [5.74, 6) is 0.602. The lowest BCUT2D eigenvalue weighted by molar-refractivity contribution is -0.132. The highest BCUT2D eigenvalue weighted by molar-refractivity contribution is 5.98. The predicted octanol–water partition coefficient (Wildman–Crippen LogP) is 2.00. The van der Waals surface area contributed by atoms with E-state index in [9.17, 15) is 14.7 Å².